The Kier molecular flexibility index (Phi) is 4.04. The minimum atomic E-state index is -3.52. The molecule has 0 aromatic carbocycles. The summed E-state index contributed by atoms with van der Waals surface area (Å²) in [6, 6.07) is 0. The minimum absolute atomic E-state index is 0.200. The van der Waals surface area contributed by atoms with Crippen molar-refractivity contribution < 1.29 is 17.9 Å². The van der Waals surface area contributed by atoms with Crippen molar-refractivity contribution in [3.8, 4) is 0 Å². The third-order valence-electron chi connectivity index (χ3n) is 3.59. The SMILES string of the molecule is O=C(CCC1CCC1)NS(=O)(=O)[C@H]1CCOC1. The first-order valence-corrected chi connectivity index (χ1v) is 7.75. The van der Waals surface area contributed by atoms with Gasteiger partial charge in [-0.15, -0.1) is 0 Å². The van der Waals surface area contributed by atoms with E-state index in [0.717, 1.165) is 6.42 Å². The van der Waals surface area contributed by atoms with Crippen LogP contribution < -0.4 is 4.72 Å². The average Bonchev–Trinajstić information content (AvgIpc) is 2.67. The number of amides is 1. The molecule has 1 amide bonds. The van der Waals surface area contributed by atoms with Crippen LogP contribution in [0.1, 0.15) is 38.5 Å². The molecule has 6 heteroatoms. The van der Waals surface area contributed by atoms with E-state index in [1.165, 1.54) is 19.3 Å². The molecule has 1 N–H and O–H groups in total. The maximum atomic E-state index is 11.8. The van der Waals surface area contributed by atoms with Crippen LogP contribution in [0, 0.1) is 5.92 Å². The molecule has 0 radical (unpaired) electrons. The summed E-state index contributed by atoms with van der Waals surface area (Å²) in [5, 5.41) is -0.560. The highest BCUT2D eigenvalue weighted by Gasteiger charge is 2.31. The Morgan fingerprint density at radius 2 is 2.06 bits per heavy atom. The van der Waals surface area contributed by atoms with E-state index in [1.807, 2.05) is 0 Å². The molecule has 17 heavy (non-hydrogen) atoms. The van der Waals surface area contributed by atoms with E-state index in [1.54, 1.807) is 0 Å². The normalized spacial score (nSPS) is 25.5. The molecular formula is C11H19NO4S. The second-order valence-electron chi connectivity index (χ2n) is 4.89. The zero-order valence-electron chi connectivity index (χ0n) is 9.85. The summed E-state index contributed by atoms with van der Waals surface area (Å²) in [6.07, 6.45) is 5.20. The van der Waals surface area contributed by atoms with Crippen molar-refractivity contribution in [3.63, 3.8) is 0 Å². The van der Waals surface area contributed by atoms with Crippen molar-refractivity contribution in [1.82, 2.24) is 4.72 Å². The van der Waals surface area contributed by atoms with Crippen LogP contribution in [0.2, 0.25) is 0 Å². The first-order valence-electron chi connectivity index (χ1n) is 6.20. The number of hydrogen-bond donors (Lipinski definition) is 1. The van der Waals surface area contributed by atoms with Gasteiger partial charge in [0.05, 0.1) is 6.61 Å². The van der Waals surface area contributed by atoms with Crippen molar-refractivity contribution in [2.75, 3.05) is 13.2 Å². The van der Waals surface area contributed by atoms with Gasteiger partial charge >= 0.3 is 0 Å². The van der Waals surface area contributed by atoms with Gasteiger partial charge in [0.25, 0.3) is 0 Å². The van der Waals surface area contributed by atoms with E-state index >= 15 is 0 Å². The predicted octanol–water partition coefficient (Wildman–Crippen LogP) is 0.802. The van der Waals surface area contributed by atoms with Crippen molar-refractivity contribution in [2.45, 2.75) is 43.8 Å². The molecular weight excluding hydrogens is 242 g/mol. The van der Waals surface area contributed by atoms with Crippen LogP contribution in [0.15, 0.2) is 0 Å². The molecule has 1 saturated carbocycles. The van der Waals surface area contributed by atoms with Gasteiger partial charge in [0.1, 0.15) is 5.25 Å². The Bertz CT molecular complexity index is 369. The lowest BCUT2D eigenvalue weighted by Gasteiger charge is -2.24. The van der Waals surface area contributed by atoms with Crippen LogP contribution in [0.5, 0.6) is 0 Å². The number of ether oxygens (including phenoxy) is 1. The average molecular weight is 261 g/mol. The third kappa shape index (κ3) is 3.42. The quantitative estimate of drug-likeness (QED) is 0.794. The Hall–Kier alpha value is -0.620. The molecule has 0 aromatic rings. The molecule has 2 aliphatic rings. The lowest BCUT2D eigenvalue weighted by molar-refractivity contribution is -0.119. The fourth-order valence-electron chi connectivity index (χ4n) is 2.17. The fraction of sp³-hybridized carbons (Fsp3) is 0.909. The maximum Gasteiger partial charge on any atom is 0.240 e. The van der Waals surface area contributed by atoms with Crippen molar-refractivity contribution >= 4 is 15.9 Å². The Morgan fingerprint density at radius 1 is 1.29 bits per heavy atom. The second-order valence-corrected chi connectivity index (χ2v) is 6.85. The number of sulfonamides is 1. The molecule has 1 heterocycles. The standard InChI is InChI=1S/C11H19NO4S/c13-11(5-4-9-2-1-3-9)12-17(14,15)10-6-7-16-8-10/h9-10H,1-8H2,(H,12,13)/t10-/m0/s1. The molecule has 1 aliphatic carbocycles. The lowest BCUT2D eigenvalue weighted by atomic mass is 9.82. The molecule has 1 saturated heterocycles. The lowest BCUT2D eigenvalue weighted by Crippen LogP contribution is -2.38. The Balaban J connectivity index is 1.76. The number of carbonyl (C=O) groups is 1. The number of nitrogens with one attached hydrogen (secondary N) is 1. The van der Waals surface area contributed by atoms with Gasteiger partial charge in [0.2, 0.25) is 15.9 Å². The Labute approximate surface area is 102 Å². The summed E-state index contributed by atoms with van der Waals surface area (Å²) in [6.45, 7) is 0.660. The molecule has 0 aromatic heterocycles. The number of rotatable bonds is 5. The molecule has 98 valence electrons. The highest BCUT2D eigenvalue weighted by Crippen LogP contribution is 2.30. The van der Waals surface area contributed by atoms with Gasteiger partial charge in [-0.2, -0.15) is 0 Å². The van der Waals surface area contributed by atoms with E-state index in [4.69, 9.17) is 4.74 Å². The molecule has 0 spiro atoms. The summed E-state index contributed by atoms with van der Waals surface area (Å²) >= 11 is 0. The van der Waals surface area contributed by atoms with E-state index in [0.29, 0.717) is 25.4 Å². The van der Waals surface area contributed by atoms with Gasteiger partial charge in [0, 0.05) is 13.0 Å². The smallest absolute Gasteiger partial charge is 0.240 e. The molecule has 2 fully saturated rings. The third-order valence-corrected chi connectivity index (χ3v) is 5.35. The highest BCUT2D eigenvalue weighted by atomic mass is 32.2. The van der Waals surface area contributed by atoms with Gasteiger partial charge in [-0.3, -0.25) is 9.52 Å². The summed E-state index contributed by atoms with van der Waals surface area (Å²) in [4.78, 5) is 11.5. The van der Waals surface area contributed by atoms with Crippen LogP contribution in [-0.4, -0.2) is 32.8 Å². The zero-order valence-corrected chi connectivity index (χ0v) is 10.7. The van der Waals surface area contributed by atoms with Crippen LogP contribution in [0.3, 0.4) is 0 Å². The number of hydrogen-bond acceptors (Lipinski definition) is 4. The van der Waals surface area contributed by atoms with Crippen molar-refractivity contribution in [2.24, 2.45) is 5.92 Å². The minimum Gasteiger partial charge on any atom is -0.380 e. The summed E-state index contributed by atoms with van der Waals surface area (Å²) in [7, 11) is -3.52. The van der Waals surface area contributed by atoms with Crippen molar-refractivity contribution in [3.05, 3.63) is 0 Å². The van der Waals surface area contributed by atoms with Gasteiger partial charge in [-0.25, -0.2) is 8.42 Å². The van der Waals surface area contributed by atoms with Crippen molar-refractivity contribution in [1.29, 1.82) is 0 Å². The van der Waals surface area contributed by atoms with E-state index in [2.05, 4.69) is 4.72 Å². The monoisotopic (exact) mass is 261 g/mol. The molecule has 5 nitrogen and oxygen atoms in total. The number of carbonyl (C=O) groups excluding carboxylic acids is 1. The molecule has 2 rings (SSSR count). The van der Waals surface area contributed by atoms with Gasteiger partial charge in [0.15, 0.2) is 0 Å². The van der Waals surface area contributed by atoms with Crippen LogP contribution >= 0.6 is 0 Å². The summed E-state index contributed by atoms with van der Waals surface area (Å²) in [5.74, 6) is 0.252. The fourth-order valence-corrected chi connectivity index (χ4v) is 3.44. The van der Waals surface area contributed by atoms with Crippen LogP contribution in [0.4, 0.5) is 0 Å². The van der Waals surface area contributed by atoms with Gasteiger partial charge < -0.3 is 4.74 Å². The van der Waals surface area contributed by atoms with Gasteiger partial charge in [-0.05, 0) is 18.8 Å². The van der Waals surface area contributed by atoms with Crippen LogP contribution in [-0.2, 0) is 19.6 Å². The zero-order chi connectivity index (χ0) is 12.3. The van der Waals surface area contributed by atoms with Crippen LogP contribution in [0.25, 0.3) is 0 Å². The maximum absolute atomic E-state index is 11.8. The molecule has 0 unspecified atom stereocenters. The van der Waals surface area contributed by atoms with Gasteiger partial charge in [-0.1, -0.05) is 19.3 Å². The predicted molar refractivity (Wildman–Crippen MR) is 62.9 cm³/mol. The molecule has 1 aliphatic heterocycles. The van der Waals surface area contributed by atoms with E-state index in [-0.39, 0.29) is 12.5 Å². The topological polar surface area (TPSA) is 72.5 Å². The first kappa shape index (κ1) is 12.8. The van der Waals surface area contributed by atoms with E-state index in [9.17, 15) is 13.2 Å². The highest BCUT2D eigenvalue weighted by molar-refractivity contribution is 7.90. The summed E-state index contributed by atoms with van der Waals surface area (Å²) < 4.78 is 30.7. The largest absolute Gasteiger partial charge is 0.380 e. The Morgan fingerprint density at radius 3 is 2.59 bits per heavy atom. The van der Waals surface area contributed by atoms with E-state index < -0.39 is 15.3 Å². The first-order chi connectivity index (χ1) is 8.08. The molecule has 1 atom stereocenters. The molecule has 0 bridgehead atoms. The second kappa shape index (κ2) is 5.35. The summed E-state index contributed by atoms with van der Waals surface area (Å²) in [5.41, 5.74) is 0.